The Labute approximate surface area is 156 Å². The highest BCUT2D eigenvalue weighted by Gasteiger charge is 2.12. The molecule has 0 atom stereocenters. The molecule has 7 heteroatoms. The van der Waals surface area contributed by atoms with Crippen LogP contribution in [0.2, 0.25) is 5.02 Å². The van der Waals surface area contributed by atoms with Gasteiger partial charge in [0.15, 0.2) is 5.82 Å². The lowest BCUT2D eigenvalue weighted by atomic mass is 10.2. The zero-order chi connectivity index (χ0) is 17.4. The molecule has 0 aliphatic carbocycles. The van der Waals surface area contributed by atoms with Crippen LogP contribution in [0.4, 0.5) is 0 Å². The molecule has 2 heterocycles. The second-order valence-corrected chi connectivity index (χ2v) is 7.65. The van der Waals surface area contributed by atoms with Gasteiger partial charge in [-0.25, -0.2) is 0 Å². The quantitative estimate of drug-likeness (QED) is 0.504. The normalized spacial score (nSPS) is 12.2. The first-order valence-corrected chi connectivity index (χ1v) is 9.87. The van der Waals surface area contributed by atoms with Crippen LogP contribution in [0.15, 0.2) is 58.2 Å². The van der Waals surface area contributed by atoms with Gasteiger partial charge in [-0.1, -0.05) is 47.2 Å². The lowest BCUT2D eigenvalue weighted by molar-refractivity contribution is 0.937. The molecule has 0 saturated heterocycles. The molecule has 0 bridgehead atoms. The van der Waals surface area contributed by atoms with Gasteiger partial charge in [0.25, 0.3) is 5.56 Å². The number of fused-ring (bicyclic) bond motifs is 1. The molecule has 124 valence electrons. The van der Waals surface area contributed by atoms with Crippen molar-refractivity contribution in [3.63, 3.8) is 0 Å². The van der Waals surface area contributed by atoms with E-state index in [0.29, 0.717) is 20.3 Å². The lowest BCUT2D eigenvalue weighted by Crippen LogP contribution is -2.23. The predicted molar refractivity (Wildman–Crippen MR) is 105 cm³/mol. The minimum atomic E-state index is -0.158. The number of aromatic nitrogens is 3. The molecule has 0 saturated carbocycles. The van der Waals surface area contributed by atoms with Crippen molar-refractivity contribution in [2.45, 2.75) is 4.90 Å². The molecule has 0 aliphatic heterocycles. The van der Waals surface area contributed by atoms with Crippen LogP contribution in [-0.2, 0) is 0 Å². The second-order valence-electron chi connectivity index (χ2n) is 5.33. The van der Waals surface area contributed by atoms with E-state index in [-0.39, 0.29) is 5.56 Å². The van der Waals surface area contributed by atoms with Gasteiger partial charge in [0, 0.05) is 15.5 Å². The van der Waals surface area contributed by atoms with Crippen LogP contribution in [0, 0.1) is 0 Å². The summed E-state index contributed by atoms with van der Waals surface area (Å²) in [5, 5.41) is 4.95. The SMILES string of the molecule is CSc1ccc(/C=c2/sc3nc(-c4cccc(Cl)c4)nn3c2=O)cc1. The fraction of sp³-hybridized carbons (Fsp3) is 0.0556. The molecular weight excluding hydrogens is 374 g/mol. The van der Waals surface area contributed by atoms with Crippen molar-refractivity contribution >= 4 is 45.7 Å². The molecule has 2 aromatic carbocycles. The topological polar surface area (TPSA) is 47.3 Å². The van der Waals surface area contributed by atoms with E-state index in [1.807, 2.05) is 48.7 Å². The Morgan fingerprint density at radius 1 is 1.20 bits per heavy atom. The molecule has 4 rings (SSSR count). The summed E-state index contributed by atoms with van der Waals surface area (Å²) in [5.74, 6) is 0.502. The smallest absolute Gasteiger partial charge is 0.266 e. The van der Waals surface area contributed by atoms with Crippen LogP contribution in [0.25, 0.3) is 22.4 Å². The number of rotatable bonds is 3. The Morgan fingerprint density at radius 3 is 2.68 bits per heavy atom. The fourth-order valence-corrected chi connectivity index (χ4v) is 3.94. The molecule has 0 radical (unpaired) electrons. The van der Waals surface area contributed by atoms with Crippen LogP contribution >= 0.6 is 34.7 Å². The predicted octanol–water partition coefficient (Wildman–Crippen LogP) is 3.74. The summed E-state index contributed by atoms with van der Waals surface area (Å²) in [5.41, 5.74) is 1.62. The van der Waals surface area contributed by atoms with Crippen LogP contribution in [-0.4, -0.2) is 20.9 Å². The second kappa shape index (κ2) is 6.63. The molecule has 0 fully saturated rings. The zero-order valence-corrected chi connectivity index (χ0v) is 15.5. The first-order chi connectivity index (χ1) is 12.1. The van der Waals surface area contributed by atoms with Gasteiger partial charge in [-0.3, -0.25) is 4.79 Å². The van der Waals surface area contributed by atoms with E-state index in [4.69, 9.17) is 11.6 Å². The highest BCUT2D eigenvalue weighted by atomic mass is 35.5. The molecule has 0 aliphatic rings. The number of hydrogen-bond acceptors (Lipinski definition) is 5. The van der Waals surface area contributed by atoms with Crippen molar-refractivity contribution < 1.29 is 0 Å². The Kier molecular flexibility index (Phi) is 4.33. The zero-order valence-electron chi connectivity index (χ0n) is 13.1. The standard InChI is InChI=1S/C18H12ClN3OS2/c1-24-14-7-5-11(6-8-14)9-15-17(23)22-18(25-15)20-16(21-22)12-3-2-4-13(19)10-12/h2-10H,1H3/b15-9+. The summed E-state index contributed by atoms with van der Waals surface area (Å²) in [6, 6.07) is 15.4. The summed E-state index contributed by atoms with van der Waals surface area (Å²) in [7, 11) is 0. The van der Waals surface area contributed by atoms with E-state index in [9.17, 15) is 4.79 Å². The van der Waals surface area contributed by atoms with Gasteiger partial charge in [-0.05, 0) is 42.2 Å². The van der Waals surface area contributed by atoms with Gasteiger partial charge >= 0.3 is 0 Å². The van der Waals surface area contributed by atoms with E-state index in [1.165, 1.54) is 20.7 Å². The minimum absolute atomic E-state index is 0.158. The summed E-state index contributed by atoms with van der Waals surface area (Å²) in [6.45, 7) is 0. The van der Waals surface area contributed by atoms with Gasteiger partial charge in [0.05, 0.1) is 4.53 Å². The van der Waals surface area contributed by atoms with E-state index in [0.717, 1.165) is 11.1 Å². The number of halogens is 1. The largest absolute Gasteiger partial charge is 0.291 e. The van der Waals surface area contributed by atoms with Crippen LogP contribution in [0.3, 0.4) is 0 Å². The van der Waals surface area contributed by atoms with Crippen molar-refractivity contribution in [2.75, 3.05) is 6.26 Å². The Bertz CT molecular complexity index is 1170. The monoisotopic (exact) mass is 385 g/mol. The number of benzene rings is 2. The van der Waals surface area contributed by atoms with E-state index < -0.39 is 0 Å². The number of hydrogen-bond donors (Lipinski definition) is 0. The first kappa shape index (κ1) is 16.3. The van der Waals surface area contributed by atoms with Crippen LogP contribution in [0.1, 0.15) is 5.56 Å². The lowest BCUT2D eigenvalue weighted by Gasteiger charge is -1.95. The first-order valence-electron chi connectivity index (χ1n) is 7.45. The highest BCUT2D eigenvalue weighted by Crippen LogP contribution is 2.20. The third kappa shape index (κ3) is 3.20. The average molecular weight is 386 g/mol. The van der Waals surface area contributed by atoms with Crippen molar-refractivity contribution in [3.05, 3.63) is 74.0 Å². The van der Waals surface area contributed by atoms with Gasteiger partial charge in [-0.2, -0.15) is 9.50 Å². The van der Waals surface area contributed by atoms with Gasteiger partial charge < -0.3 is 0 Å². The Balaban J connectivity index is 1.77. The van der Waals surface area contributed by atoms with E-state index >= 15 is 0 Å². The average Bonchev–Trinajstić information content (AvgIpc) is 3.16. The van der Waals surface area contributed by atoms with Crippen molar-refractivity contribution in [2.24, 2.45) is 0 Å². The third-order valence-corrected chi connectivity index (χ3v) is 5.62. The maximum Gasteiger partial charge on any atom is 0.291 e. The molecule has 0 spiro atoms. The summed E-state index contributed by atoms with van der Waals surface area (Å²) in [4.78, 5) is 18.8. The van der Waals surface area contributed by atoms with Crippen molar-refractivity contribution in [1.29, 1.82) is 0 Å². The molecule has 4 aromatic rings. The number of thiazole rings is 1. The van der Waals surface area contributed by atoms with E-state index in [2.05, 4.69) is 10.1 Å². The van der Waals surface area contributed by atoms with Gasteiger partial charge in [-0.15, -0.1) is 16.9 Å². The summed E-state index contributed by atoms with van der Waals surface area (Å²) >= 11 is 9.03. The molecular formula is C18H12ClN3OS2. The van der Waals surface area contributed by atoms with Gasteiger partial charge in [0.2, 0.25) is 4.96 Å². The fourth-order valence-electron chi connectivity index (χ4n) is 2.44. The Hall–Kier alpha value is -2.15. The molecule has 2 aromatic heterocycles. The van der Waals surface area contributed by atoms with Crippen molar-refractivity contribution in [3.8, 4) is 11.4 Å². The molecule has 0 unspecified atom stereocenters. The summed E-state index contributed by atoms with van der Waals surface area (Å²) in [6.07, 6.45) is 3.90. The number of thioether (sulfide) groups is 1. The Morgan fingerprint density at radius 2 is 2.00 bits per heavy atom. The van der Waals surface area contributed by atoms with Crippen LogP contribution in [0.5, 0.6) is 0 Å². The minimum Gasteiger partial charge on any atom is -0.266 e. The van der Waals surface area contributed by atoms with Crippen LogP contribution < -0.4 is 10.1 Å². The molecule has 4 nitrogen and oxygen atoms in total. The third-order valence-electron chi connectivity index (χ3n) is 3.68. The molecule has 0 amide bonds. The van der Waals surface area contributed by atoms with E-state index in [1.54, 1.807) is 23.9 Å². The highest BCUT2D eigenvalue weighted by molar-refractivity contribution is 7.98. The molecule has 0 N–H and O–H groups in total. The maximum atomic E-state index is 12.6. The summed E-state index contributed by atoms with van der Waals surface area (Å²) < 4.78 is 1.97. The molecule has 25 heavy (non-hydrogen) atoms. The van der Waals surface area contributed by atoms with Gasteiger partial charge in [0.1, 0.15) is 0 Å². The maximum absolute atomic E-state index is 12.6. The number of nitrogens with zero attached hydrogens (tertiary/aromatic N) is 3. The van der Waals surface area contributed by atoms with Crippen molar-refractivity contribution in [1.82, 2.24) is 14.6 Å².